The Labute approximate surface area is 463 Å². The van der Waals surface area contributed by atoms with Crippen molar-refractivity contribution in [2.24, 2.45) is 5.92 Å². The topological polar surface area (TPSA) is 262 Å². The summed E-state index contributed by atoms with van der Waals surface area (Å²) in [4.78, 5) is 80.5. The van der Waals surface area contributed by atoms with Crippen molar-refractivity contribution in [2.45, 2.75) is 139 Å². The molecule has 4 amide bonds. The highest BCUT2D eigenvalue weighted by Gasteiger charge is 2.45. The lowest BCUT2D eigenvalue weighted by Gasteiger charge is -2.35. The Bertz CT molecular complexity index is 3070. The number of sulfone groups is 1. The van der Waals surface area contributed by atoms with Gasteiger partial charge in [-0.2, -0.15) is 5.10 Å². The number of H-pyrrole nitrogens is 1. The first-order valence-corrected chi connectivity index (χ1v) is 28.6. The number of halogens is 1. The van der Waals surface area contributed by atoms with Crippen LogP contribution in [0.4, 0.5) is 17.5 Å². The van der Waals surface area contributed by atoms with Crippen molar-refractivity contribution in [3.8, 4) is 5.75 Å². The van der Waals surface area contributed by atoms with E-state index in [1.807, 2.05) is 32.0 Å². The summed E-state index contributed by atoms with van der Waals surface area (Å²) in [6, 6.07) is 8.38. The van der Waals surface area contributed by atoms with E-state index in [2.05, 4.69) is 72.6 Å². The molecule has 2 aromatic carbocycles. The van der Waals surface area contributed by atoms with Crippen LogP contribution in [-0.4, -0.2) is 154 Å². The molecule has 23 heteroatoms. The van der Waals surface area contributed by atoms with Crippen LogP contribution in [0.2, 0.25) is 0 Å². The van der Waals surface area contributed by atoms with E-state index in [1.54, 1.807) is 58.0 Å². The number of aryl methyl sites for hydroxylation is 2. The van der Waals surface area contributed by atoms with E-state index >= 15 is 0 Å². The van der Waals surface area contributed by atoms with Crippen molar-refractivity contribution in [3.05, 3.63) is 83.2 Å². The molecule has 420 valence electrons. The predicted octanol–water partition coefficient (Wildman–Crippen LogP) is 5.26. The minimum atomic E-state index is -3.87. The van der Waals surface area contributed by atoms with Gasteiger partial charge in [0.15, 0.2) is 15.7 Å². The number of hydrogen-bond acceptors (Lipinski definition) is 16. The van der Waals surface area contributed by atoms with Crippen LogP contribution in [0.3, 0.4) is 0 Å². The van der Waals surface area contributed by atoms with Crippen LogP contribution >= 0.6 is 12.4 Å². The molecule has 0 radical (unpaired) electrons. The van der Waals surface area contributed by atoms with Crippen molar-refractivity contribution in [1.82, 2.24) is 61.2 Å². The van der Waals surface area contributed by atoms with Gasteiger partial charge in [0.1, 0.15) is 53.0 Å². The molecule has 5 heterocycles. The number of likely N-dealkylation sites (tertiary alicyclic amines) is 1. The number of piperazine rings is 1. The zero-order valence-corrected chi connectivity index (χ0v) is 47.4. The molecule has 1 saturated carbocycles. The van der Waals surface area contributed by atoms with Gasteiger partial charge in [-0.15, -0.1) is 12.4 Å². The van der Waals surface area contributed by atoms with Gasteiger partial charge >= 0.3 is 0 Å². The number of aromatic nitrogens is 6. The van der Waals surface area contributed by atoms with E-state index in [4.69, 9.17) is 4.74 Å². The normalized spacial score (nSPS) is 20.0. The number of fused-ring (bicyclic) bond motifs is 2. The minimum absolute atomic E-state index is 0. The summed E-state index contributed by atoms with van der Waals surface area (Å²) >= 11 is 0. The minimum Gasteiger partial charge on any atom is -0.491 e. The van der Waals surface area contributed by atoms with Crippen LogP contribution in [0.25, 0.3) is 10.9 Å². The Hall–Kier alpha value is -6.49. The van der Waals surface area contributed by atoms with Gasteiger partial charge in [0.05, 0.1) is 34.7 Å². The number of nitrogens with one attached hydrogen (secondary N) is 6. The highest BCUT2D eigenvalue weighted by Crippen LogP contribution is 2.38. The number of hydrogen-bond donors (Lipinski definition) is 6. The standard InChI is InChI=1S/C55H74N14O7S.ClH/c1-33-34(2)65-66-49(33)64-50-40-27-46(77(74,75)55(4,5)6)45(28-42(40)59-32-60-50)76-25-24-67-20-22-68(23-21-67)47-30-57-43(29-58-47)52(71)61-38-26-44(53(72)62-41-19-13-17-36-14-11-12-18-39(36)41)69(31-38)54(73)48(37-15-9-8-10-16-37)63-51(70)35(3)56-7;/h11-12,14,18,27-30,32,35,37-38,41,44,48,56H,8-10,13,15-17,19-26,31H2,1-7H3,(H,61,71)(H,62,72)(H,63,70)(H2,59,60,64,65,66);1H/t35-,38-,41+,44-,48-;/m0./s1. The monoisotopic (exact) mass is 1110 g/mol. The number of amides is 4. The third-order valence-electron chi connectivity index (χ3n) is 15.9. The van der Waals surface area contributed by atoms with Crippen LogP contribution < -0.4 is 36.2 Å². The lowest BCUT2D eigenvalue weighted by atomic mass is 9.83. The Morgan fingerprint density at radius 1 is 0.897 bits per heavy atom. The Balaban J connectivity index is 0.00000803. The quantitative estimate of drug-likeness (QED) is 0.0694. The maximum Gasteiger partial charge on any atom is 0.271 e. The predicted molar refractivity (Wildman–Crippen MR) is 300 cm³/mol. The summed E-state index contributed by atoms with van der Waals surface area (Å²) in [5.41, 5.74) is 4.71. The molecule has 0 bridgehead atoms. The summed E-state index contributed by atoms with van der Waals surface area (Å²) in [6.07, 6.45) is 11.8. The Morgan fingerprint density at radius 3 is 2.35 bits per heavy atom. The van der Waals surface area contributed by atoms with E-state index in [1.165, 1.54) is 18.1 Å². The smallest absolute Gasteiger partial charge is 0.271 e. The van der Waals surface area contributed by atoms with Crippen molar-refractivity contribution >= 4 is 74.2 Å². The molecule has 4 aliphatic rings. The average Bonchev–Trinajstić information content (AvgIpc) is 4.02. The number of carbonyl (C=O) groups excluding carboxylic acids is 4. The van der Waals surface area contributed by atoms with E-state index in [0.717, 1.165) is 68.2 Å². The first-order valence-electron chi connectivity index (χ1n) is 27.1. The summed E-state index contributed by atoms with van der Waals surface area (Å²) < 4.78 is 33.3. The van der Waals surface area contributed by atoms with Gasteiger partial charge in [-0.05, 0) is 110 Å². The SMILES string of the molecule is CN[C@@H](C)C(=O)N[C@H](C(=O)N1C[C@@H](NC(=O)c2cnc(N3CCN(CCOc4cc5ncnc(Nc6n[nH]c(C)c6C)c5cc4S(=O)(=O)C(C)(C)C)CC3)cn2)C[C@H]1C(=O)N[C@@H]1CCCc2ccccc21)C1CCCCC1.Cl. The molecule has 5 aromatic rings. The Kier molecular flexibility index (Phi) is 18.2. The zero-order valence-electron chi connectivity index (χ0n) is 45.7. The van der Waals surface area contributed by atoms with Gasteiger partial charge in [-0.1, -0.05) is 43.5 Å². The second kappa shape index (κ2) is 24.7. The lowest BCUT2D eigenvalue weighted by molar-refractivity contribution is -0.143. The van der Waals surface area contributed by atoms with Crippen LogP contribution in [0.5, 0.6) is 5.75 Å². The van der Waals surface area contributed by atoms with E-state index in [-0.39, 0.29) is 78.0 Å². The van der Waals surface area contributed by atoms with Crippen LogP contribution in [0, 0.1) is 19.8 Å². The van der Waals surface area contributed by atoms with Crippen molar-refractivity contribution in [3.63, 3.8) is 0 Å². The van der Waals surface area contributed by atoms with Crippen LogP contribution in [-0.2, 0) is 30.6 Å². The third kappa shape index (κ3) is 12.7. The van der Waals surface area contributed by atoms with Crippen molar-refractivity contribution in [1.29, 1.82) is 0 Å². The number of likely N-dealkylation sites (N-methyl/N-ethyl adjacent to an activating group) is 1. The summed E-state index contributed by atoms with van der Waals surface area (Å²) in [5.74, 6) is 0.408. The van der Waals surface area contributed by atoms with Gasteiger partial charge in [0.25, 0.3) is 5.91 Å². The van der Waals surface area contributed by atoms with Gasteiger partial charge < -0.3 is 41.1 Å². The average molecular weight is 1110 g/mol. The largest absolute Gasteiger partial charge is 0.491 e. The van der Waals surface area contributed by atoms with Crippen LogP contribution in [0.15, 0.2) is 60.0 Å². The molecule has 3 fully saturated rings. The first-order chi connectivity index (χ1) is 36.9. The molecular weight excluding hydrogens is 1040 g/mol. The first kappa shape index (κ1) is 57.7. The molecule has 0 spiro atoms. The fourth-order valence-corrected chi connectivity index (χ4v) is 12.2. The summed E-state index contributed by atoms with van der Waals surface area (Å²) in [5, 5.41) is 23.4. The van der Waals surface area contributed by atoms with Gasteiger partial charge in [0, 0.05) is 68.0 Å². The molecule has 78 heavy (non-hydrogen) atoms. The third-order valence-corrected chi connectivity index (χ3v) is 18.4. The second-order valence-electron chi connectivity index (χ2n) is 22.0. The molecular formula is C55H75ClN14O7S. The molecule has 2 aliphatic heterocycles. The molecule has 2 aliphatic carbocycles. The molecule has 5 atom stereocenters. The fraction of sp³-hybridized carbons (Fsp3) is 0.545. The molecule has 6 N–H and O–H groups in total. The number of carbonyl (C=O) groups is 4. The number of nitrogens with zero attached hydrogens (tertiary/aromatic N) is 8. The molecule has 0 unspecified atom stereocenters. The maximum atomic E-state index is 14.8. The number of benzene rings is 2. The van der Waals surface area contributed by atoms with Gasteiger partial charge in [-0.3, -0.25) is 29.2 Å². The van der Waals surface area contributed by atoms with E-state index in [0.29, 0.717) is 61.1 Å². The van der Waals surface area contributed by atoms with E-state index < -0.39 is 44.7 Å². The molecule has 2 saturated heterocycles. The zero-order chi connectivity index (χ0) is 54.6. The Morgan fingerprint density at radius 2 is 1.65 bits per heavy atom. The number of aromatic amines is 1. The van der Waals surface area contributed by atoms with E-state index in [9.17, 15) is 27.6 Å². The number of ether oxygens (including phenoxy) is 1. The summed E-state index contributed by atoms with van der Waals surface area (Å²) in [6.45, 7) is 14.0. The van der Waals surface area contributed by atoms with Crippen molar-refractivity contribution in [2.75, 3.05) is 63.1 Å². The fourth-order valence-electron chi connectivity index (χ4n) is 10.9. The number of anilines is 3. The van der Waals surface area contributed by atoms with Gasteiger partial charge in [0.2, 0.25) is 17.7 Å². The lowest BCUT2D eigenvalue weighted by Crippen LogP contribution is -2.58. The maximum absolute atomic E-state index is 14.8. The highest BCUT2D eigenvalue weighted by atomic mass is 35.5. The van der Waals surface area contributed by atoms with Gasteiger partial charge in [-0.25, -0.2) is 28.4 Å². The highest BCUT2D eigenvalue weighted by molar-refractivity contribution is 7.92. The second-order valence-corrected chi connectivity index (χ2v) is 24.7. The number of rotatable bonds is 17. The molecule has 21 nitrogen and oxygen atoms in total. The van der Waals surface area contributed by atoms with Crippen molar-refractivity contribution < 1.29 is 32.3 Å². The van der Waals surface area contributed by atoms with Crippen LogP contribution in [0.1, 0.15) is 118 Å². The summed E-state index contributed by atoms with van der Waals surface area (Å²) in [7, 11) is -2.17. The molecule has 9 rings (SSSR count). The molecule has 3 aromatic heterocycles.